The topological polar surface area (TPSA) is 44.8 Å². The molecule has 25 heavy (non-hydrogen) atoms. The van der Waals surface area contributed by atoms with Gasteiger partial charge in [-0.3, -0.25) is 4.79 Å². The third-order valence-corrected chi connectivity index (χ3v) is 4.37. The lowest BCUT2D eigenvalue weighted by Crippen LogP contribution is -2.56. The van der Waals surface area contributed by atoms with Crippen LogP contribution in [0.25, 0.3) is 6.08 Å². The lowest BCUT2D eigenvalue weighted by atomic mass is 9.88. The SMILES string of the molecule is COc1ccc2c(c1)C=C1C(=O)c3cc(Cl)ccc3OC1(C(F)F)O2. The van der Waals surface area contributed by atoms with Crippen LogP contribution in [0.1, 0.15) is 15.9 Å². The van der Waals surface area contributed by atoms with E-state index in [1.165, 1.54) is 37.5 Å². The molecule has 0 spiro atoms. The van der Waals surface area contributed by atoms with Gasteiger partial charge < -0.3 is 14.2 Å². The molecule has 0 aromatic heterocycles. The predicted molar refractivity (Wildman–Crippen MR) is 86.7 cm³/mol. The van der Waals surface area contributed by atoms with Gasteiger partial charge in [0.05, 0.1) is 18.2 Å². The molecule has 2 aromatic carbocycles. The van der Waals surface area contributed by atoms with Crippen LogP contribution in [0.15, 0.2) is 42.0 Å². The molecule has 0 aliphatic carbocycles. The summed E-state index contributed by atoms with van der Waals surface area (Å²) < 4.78 is 44.0. The number of methoxy groups -OCH3 is 1. The molecule has 0 saturated heterocycles. The number of ether oxygens (including phenoxy) is 3. The van der Waals surface area contributed by atoms with Gasteiger partial charge in [0.1, 0.15) is 17.2 Å². The fourth-order valence-electron chi connectivity index (χ4n) is 2.92. The Bertz CT molecular complexity index is 925. The second-order valence-electron chi connectivity index (χ2n) is 5.60. The molecular weight excluding hydrogens is 354 g/mol. The highest BCUT2D eigenvalue weighted by molar-refractivity contribution is 6.31. The third kappa shape index (κ3) is 2.28. The summed E-state index contributed by atoms with van der Waals surface area (Å²) in [5.74, 6) is -2.41. The Morgan fingerprint density at radius 1 is 1.12 bits per heavy atom. The largest absolute Gasteiger partial charge is 0.497 e. The van der Waals surface area contributed by atoms with Crippen molar-refractivity contribution in [2.75, 3.05) is 7.11 Å². The van der Waals surface area contributed by atoms with E-state index >= 15 is 0 Å². The molecule has 1 atom stereocenters. The molecule has 2 aliphatic rings. The first-order valence-electron chi connectivity index (χ1n) is 7.35. The summed E-state index contributed by atoms with van der Waals surface area (Å²) in [4.78, 5) is 12.8. The summed E-state index contributed by atoms with van der Waals surface area (Å²) in [6.45, 7) is 0. The molecule has 2 heterocycles. The van der Waals surface area contributed by atoms with Crippen molar-refractivity contribution in [3.8, 4) is 17.2 Å². The van der Waals surface area contributed by atoms with Crippen LogP contribution in [0.5, 0.6) is 17.2 Å². The van der Waals surface area contributed by atoms with Gasteiger partial charge in [0.25, 0.3) is 0 Å². The Kier molecular flexibility index (Phi) is 3.47. The second kappa shape index (κ2) is 5.46. The number of rotatable bonds is 2. The molecule has 0 bridgehead atoms. The number of Topliss-reactive ketones (excluding diaryl/α,β-unsaturated/α-hetero) is 1. The van der Waals surface area contributed by atoms with Gasteiger partial charge in [-0.05, 0) is 42.5 Å². The molecule has 1 unspecified atom stereocenters. The van der Waals surface area contributed by atoms with Crippen molar-refractivity contribution < 1.29 is 27.8 Å². The minimum absolute atomic E-state index is 0.00353. The summed E-state index contributed by atoms with van der Waals surface area (Å²) in [5, 5.41) is 0.305. The maximum absolute atomic E-state index is 13.9. The van der Waals surface area contributed by atoms with Gasteiger partial charge >= 0.3 is 12.2 Å². The van der Waals surface area contributed by atoms with E-state index in [0.717, 1.165) is 0 Å². The Balaban J connectivity index is 1.94. The quantitative estimate of drug-likeness (QED) is 0.794. The smallest absolute Gasteiger partial charge is 0.344 e. The molecule has 4 nitrogen and oxygen atoms in total. The Morgan fingerprint density at radius 2 is 1.84 bits per heavy atom. The first kappa shape index (κ1) is 15.9. The Labute approximate surface area is 146 Å². The maximum Gasteiger partial charge on any atom is 0.344 e. The number of carbonyl (C=O) groups excluding carboxylic acids is 1. The fraction of sp³-hybridized carbons (Fsp3) is 0.167. The van der Waals surface area contributed by atoms with Crippen LogP contribution in [0.2, 0.25) is 5.02 Å². The highest BCUT2D eigenvalue weighted by atomic mass is 35.5. The van der Waals surface area contributed by atoms with Crippen molar-refractivity contribution >= 4 is 23.5 Å². The first-order chi connectivity index (χ1) is 11.9. The van der Waals surface area contributed by atoms with Crippen molar-refractivity contribution in [2.24, 2.45) is 0 Å². The highest BCUT2D eigenvalue weighted by Gasteiger charge is 2.57. The van der Waals surface area contributed by atoms with Crippen LogP contribution in [0, 0.1) is 0 Å². The molecule has 0 radical (unpaired) electrons. The molecule has 128 valence electrons. The number of benzene rings is 2. The van der Waals surface area contributed by atoms with Gasteiger partial charge in [-0.1, -0.05) is 11.6 Å². The van der Waals surface area contributed by atoms with E-state index in [2.05, 4.69) is 0 Å². The Hall–Kier alpha value is -2.60. The summed E-state index contributed by atoms with van der Waals surface area (Å²) in [7, 11) is 1.48. The number of hydrogen-bond acceptors (Lipinski definition) is 4. The van der Waals surface area contributed by atoms with Crippen LogP contribution < -0.4 is 14.2 Å². The number of halogens is 3. The van der Waals surface area contributed by atoms with Gasteiger partial charge in [0.2, 0.25) is 5.78 Å². The van der Waals surface area contributed by atoms with Crippen molar-refractivity contribution in [2.45, 2.75) is 12.2 Å². The number of hydrogen-bond donors (Lipinski definition) is 0. The zero-order valence-corrected chi connectivity index (χ0v) is 13.6. The van der Waals surface area contributed by atoms with E-state index < -0.39 is 18.0 Å². The van der Waals surface area contributed by atoms with Gasteiger partial charge in [-0.15, -0.1) is 0 Å². The van der Waals surface area contributed by atoms with Gasteiger partial charge in [-0.25, -0.2) is 8.78 Å². The van der Waals surface area contributed by atoms with Crippen LogP contribution in [-0.2, 0) is 0 Å². The van der Waals surface area contributed by atoms with Crippen LogP contribution in [-0.4, -0.2) is 25.1 Å². The first-order valence-corrected chi connectivity index (χ1v) is 7.73. The van der Waals surface area contributed by atoms with Gasteiger partial charge in [0.15, 0.2) is 0 Å². The van der Waals surface area contributed by atoms with Crippen LogP contribution in [0.4, 0.5) is 8.78 Å². The summed E-state index contributed by atoms with van der Waals surface area (Å²) >= 11 is 5.91. The predicted octanol–water partition coefficient (Wildman–Crippen LogP) is 4.36. The minimum Gasteiger partial charge on any atom is -0.497 e. The minimum atomic E-state index is -3.08. The molecule has 7 heteroatoms. The average molecular weight is 365 g/mol. The third-order valence-electron chi connectivity index (χ3n) is 4.13. The molecular formula is C18H11ClF2O4. The molecule has 0 amide bonds. The van der Waals surface area contributed by atoms with E-state index in [9.17, 15) is 13.6 Å². The summed E-state index contributed by atoms with van der Waals surface area (Å²) in [6, 6.07) is 8.90. The normalized spacial score (nSPS) is 20.7. The zero-order valence-electron chi connectivity index (χ0n) is 12.9. The second-order valence-corrected chi connectivity index (χ2v) is 6.04. The number of fused-ring (bicyclic) bond motifs is 3. The lowest BCUT2D eigenvalue weighted by molar-refractivity contribution is -0.176. The monoisotopic (exact) mass is 364 g/mol. The fourth-order valence-corrected chi connectivity index (χ4v) is 3.09. The zero-order chi connectivity index (χ0) is 17.8. The van der Waals surface area contributed by atoms with E-state index in [1.54, 1.807) is 12.1 Å². The summed E-state index contributed by atoms with van der Waals surface area (Å²) in [6.07, 6.45) is -1.73. The summed E-state index contributed by atoms with van der Waals surface area (Å²) in [5.41, 5.74) is 0.288. The number of ketones is 1. The molecule has 2 aromatic rings. The molecule has 0 N–H and O–H groups in total. The van der Waals surface area contributed by atoms with E-state index in [0.29, 0.717) is 16.3 Å². The molecule has 2 aliphatic heterocycles. The maximum atomic E-state index is 13.9. The van der Waals surface area contributed by atoms with Crippen molar-refractivity contribution in [3.63, 3.8) is 0 Å². The van der Waals surface area contributed by atoms with Gasteiger partial charge in [0, 0.05) is 10.6 Å². The van der Waals surface area contributed by atoms with Crippen LogP contribution >= 0.6 is 11.6 Å². The van der Waals surface area contributed by atoms with Gasteiger partial charge in [-0.2, -0.15) is 0 Å². The van der Waals surface area contributed by atoms with E-state index in [1.807, 2.05) is 0 Å². The highest BCUT2D eigenvalue weighted by Crippen LogP contribution is 2.47. The van der Waals surface area contributed by atoms with Crippen molar-refractivity contribution in [1.82, 2.24) is 0 Å². The average Bonchev–Trinajstić information content (AvgIpc) is 2.60. The standard InChI is InChI=1S/C18H11ClF2O4/c1-23-11-3-5-14-9(6-11)7-13-16(22)12-8-10(19)2-4-15(12)25-18(13,24-14)17(20)21/h2-8,17H,1H3. The number of carbonyl (C=O) groups is 1. The van der Waals surface area contributed by atoms with E-state index in [4.69, 9.17) is 25.8 Å². The van der Waals surface area contributed by atoms with Crippen molar-refractivity contribution in [3.05, 3.63) is 58.1 Å². The lowest BCUT2D eigenvalue weighted by Gasteiger charge is -2.41. The number of alkyl halides is 2. The molecule has 4 rings (SSSR count). The molecule has 0 saturated carbocycles. The van der Waals surface area contributed by atoms with E-state index in [-0.39, 0.29) is 22.6 Å². The Morgan fingerprint density at radius 3 is 2.56 bits per heavy atom. The van der Waals surface area contributed by atoms with Crippen molar-refractivity contribution in [1.29, 1.82) is 0 Å². The molecule has 0 fully saturated rings. The van der Waals surface area contributed by atoms with Crippen LogP contribution in [0.3, 0.4) is 0 Å².